The lowest BCUT2D eigenvalue weighted by molar-refractivity contribution is 0.634. The third kappa shape index (κ3) is 3.85. The fourth-order valence-electron chi connectivity index (χ4n) is 2.90. The number of hydrogen-bond acceptors (Lipinski definition) is 2. The van der Waals surface area contributed by atoms with Crippen molar-refractivity contribution >= 4 is 23.0 Å². The Morgan fingerprint density at radius 1 is 1.32 bits per heavy atom. The van der Waals surface area contributed by atoms with Crippen LogP contribution in [0.1, 0.15) is 36.8 Å². The Hall–Kier alpha value is -1.88. The third-order valence-electron chi connectivity index (χ3n) is 4.18. The number of nitrogens with one attached hydrogen (secondary N) is 2. The Morgan fingerprint density at radius 2 is 2.09 bits per heavy atom. The lowest BCUT2D eigenvalue weighted by atomic mass is 10.1. The van der Waals surface area contributed by atoms with Crippen molar-refractivity contribution in [3.63, 3.8) is 0 Å². The van der Waals surface area contributed by atoms with Crippen LogP contribution in [0.5, 0.6) is 0 Å². The molecule has 1 saturated carbocycles. The van der Waals surface area contributed by atoms with Crippen LogP contribution in [0.25, 0.3) is 0 Å². The molecular formula is C17H22N4S. The highest BCUT2D eigenvalue weighted by Gasteiger charge is 2.15. The number of anilines is 1. The number of benzene rings is 1. The van der Waals surface area contributed by atoms with Crippen LogP contribution < -0.4 is 10.6 Å². The van der Waals surface area contributed by atoms with Crippen molar-refractivity contribution in [2.24, 2.45) is 0 Å². The summed E-state index contributed by atoms with van der Waals surface area (Å²) in [6, 6.07) is 8.91. The summed E-state index contributed by atoms with van der Waals surface area (Å²) in [5.74, 6) is 0. The van der Waals surface area contributed by atoms with E-state index >= 15 is 0 Å². The van der Waals surface area contributed by atoms with Crippen LogP contribution in [0.3, 0.4) is 0 Å². The summed E-state index contributed by atoms with van der Waals surface area (Å²) in [5.41, 5.74) is 3.50. The van der Waals surface area contributed by atoms with Gasteiger partial charge in [-0.15, -0.1) is 0 Å². The Balaban J connectivity index is 1.56. The van der Waals surface area contributed by atoms with Crippen LogP contribution in [0, 0.1) is 6.92 Å². The Kier molecular flexibility index (Phi) is 4.73. The fraction of sp³-hybridized carbons (Fsp3) is 0.412. The molecule has 3 rings (SSSR count). The van der Waals surface area contributed by atoms with E-state index in [0.717, 1.165) is 12.2 Å². The maximum Gasteiger partial charge on any atom is 0.171 e. The molecular weight excluding hydrogens is 292 g/mol. The van der Waals surface area contributed by atoms with Crippen LogP contribution in [-0.4, -0.2) is 20.9 Å². The molecule has 1 aromatic carbocycles. The topological polar surface area (TPSA) is 41.9 Å². The molecule has 0 radical (unpaired) electrons. The zero-order valence-corrected chi connectivity index (χ0v) is 13.7. The minimum absolute atomic E-state index is 0.530. The minimum Gasteiger partial charge on any atom is -0.360 e. The van der Waals surface area contributed by atoms with Gasteiger partial charge in [-0.25, -0.2) is 0 Å². The van der Waals surface area contributed by atoms with Crippen molar-refractivity contribution < 1.29 is 0 Å². The number of aromatic nitrogens is 2. The predicted molar refractivity (Wildman–Crippen MR) is 94.1 cm³/mol. The van der Waals surface area contributed by atoms with Gasteiger partial charge in [0, 0.05) is 12.2 Å². The van der Waals surface area contributed by atoms with Crippen molar-refractivity contribution in [2.45, 2.75) is 45.2 Å². The third-order valence-corrected chi connectivity index (χ3v) is 4.40. The largest absolute Gasteiger partial charge is 0.360 e. The van der Waals surface area contributed by atoms with Crippen LogP contribution >= 0.6 is 12.2 Å². The summed E-state index contributed by atoms with van der Waals surface area (Å²) in [5, 5.41) is 11.7. The molecule has 1 aliphatic carbocycles. The first kappa shape index (κ1) is 15.0. The molecule has 0 amide bonds. The molecule has 116 valence electrons. The van der Waals surface area contributed by atoms with Crippen LogP contribution in [0.2, 0.25) is 0 Å². The highest BCUT2D eigenvalue weighted by molar-refractivity contribution is 7.80. The maximum atomic E-state index is 5.37. The van der Waals surface area contributed by atoms with E-state index in [1.807, 2.05) is 17.1 Å². The van der Waals surface area contributed by atoms with Crippen molar-refractivity contribution in [3.8, 4) is 0 Å². The maximum absolute atomic E-state index is 5.37. The number of rotatable bonds is 4. The summed E-state index contributed by atoms with van der Waals surface area (Å²) in [4.78, 5) is 0. The van der Waals surface area contributed by atoms with Gasteiger partial charge in [0.1, 0.15) is 0 Å². The molecule has 1 aromatic heterocycles. The Morgan fingerprint density at radius 3 is 2.86 bits per heavy atom. The van der Waals surface area contributed by atoms with E-state index in [1.165, 1.54) is 36.8 Å². The van der Waals surface area contributed by atoms with Crippen molar-refractivity contribution in [1.82, 2.24) is 15.1 Å². The second-order valence-electron chi connectivity index (χ2n) is 5.93. The van der Waals surface area contributed by atoms with E-state index in [9.17, 15) is 0 Å². The summed E-state index contributed by atoms with van der Waals surface area (Å²) >= 11 is 5.37. The summed E-state index contributed by atoms with van der Waals surface area (Å²) in [6.45, 7) is 2.90. The van der Waals surface area contributed by atoms with Crippen LogP contribution in [0.4, 0.5) is 5.69 Å². The van der Waals surface area contributed by atoms with Gasteiger partial charge in [-0.3, -0.25) is 4.68 Å². The fourth-order valence-corrected chi connectivity index (χ4v) is 3.18. The van der Waals surface area contributed by atoms with Gasteiger partial charge in [-0.2, -0.15) is 5.10 Å². The smallest absolute Gasteiger partial charge is 0.171 e. The second kappa shape index (κ2) is 6.92. The summed E-state index contributed by atoms with van der Waals surface area (Å²) in [7, 11) is 0. The average molecular weight is 314 g/mol. The van der Waals surface area contributed by atoms with Gasteiger partial charge < -0.3 is 10.6 Å². The van der Waals surface area contributed by atoms with E-state index < -0.39 is 0 Å². The molecule has 0 bridgehead atoms. The van der Waals surface area contributed by atoms with E-state index in [2.05, 4.69) is 46.9 Å². The van der Waals surface area contributed by atoms with Gasteiger partial charge in [-0.05, 0) is 43.1 Å². The first-order valence-corrected chi connectivity index (χ1v) is 8.26. The number of aryl methyl sites for hydroxylation is 1. The summed E-state index contributed by atoms with van der Waals surface area (Å²) < 4.78 is 1.93. The number of nitrogens with zero attached hydrogens (tertiary/aromatic N) is 2. The van der Waals surface area contributed by atoms with E-state index in [4.69, 9.17) is 12.2 Å². The molecule has 0 atom stereocenters. The first-order valence-electron chi connectivity index (χ1n) is 7.85. The molecule has 0 spiro atoms. The number of thiocarbonyl (C=S) groups is 1. The molecule has 0 aliphatic heterocycles. The quantitative estimate of drug-likeness (QED) is 0.848. The normalized spacial score (nSPS) is 15.0. The van der Waals surface area contributed by atoms with Crippen molar-refractivity contribution in [3.05, 3.63) is 47.8 Å². The van der Waals surface area contributed by atoms with Crippen LogP contribution in [-0.2, 0) is 6.54 Å². The molecule has 1 fully saturated rings. The molecule has 1 aliphatic rings. The molecule has 5 heteroatoms. The van der Waals surface area contributed by atoms with Gasteiger partial charge in [-0.1, -0.05) is 37.1 Å². The van der Waals surface area contributed by atoms with Crippen molar-refractivity contribution in [1.29, 1.82) is 0 Å². The van der Waals surface area contributed by atoms with E-state index in [1.54, 1.807) is 0 Å². The highest BCUT2D eigenvalue weighted by atomic mass is 32.1. The highest BCUT2D eigenvalue weighted by Crippen LogP contribution is 2.18. The molecule has 0 saturated heterocycles. The first-order chi connectivity index (χ1) is 10.7. The number of hydrogen-bond donors (Lipinski definition) is 2. The van der Waals surface area contributed by atoms with Gasteiger partial charge in [0.25, 0.3) is 0 Å². The molecule has 1 heterocycles. The molecule has 0 unspecified atom stereocenters. The second-order valence-corrected chi connectivity index (χ2v) is 6.34. The molecule has 2 aromatic rings. The zero-order chi connectivity index (χ0) is 15.4. The minimum atomic E-state index is 0.530. The monoisotopic (exact) mass is 314 g/mol. The lowest BCUT2D eigenvalue weighted by Gasteiger charge is -2.14. The predicted octanol–water partition coefficient (Wildman–Crippen LogP) is 3.47. The lowest BCUT2D eigenvalue weighted by Crippen LogP contribution is -2.35. The van der Waals surface area contributed by atoms with Gasteiger partial charge in [0.05, 0.1) is 18.4 Å². The molecule has 4 nitrogen and oxygen atoms in total. The Bertz CT molecular complexity index is 644. The van der Waals surface area contributed by atoms with Gasteiger partial charge >= 0.3 is 0 Å². The molecule has 22 heavy (non-hydrogen) atoms. The zero-order valence-electron chi connectivity index (χ0n) is 12.9. The van der Waals surface area contributed by atoms with E-state index in [-0.39, 0.29) is 0 Å². The van der Waals surface area contributed by atoms with Crippen molar-refractivity contribution in [2.75, 3.05) is 5.32 Å². The Labute approximate surface area is 136 Å². The molecule has 2 N–H and O–H groups in total. The van der Waals surface area contributed by atoms with Gasteiger partial charge in [0.2, 0.25) is 0 Å². The average Bonchev–Trinajstić information content (AvgIpc) is 3.14. The van der Waals surface area contributed by atoms with Gasteiger partial charge in [0.15, 0.2) is 5.11 Å². The summed E-state index contributed by atoms with van der Waals surface area (Å²) in [6.07, 6.45) is 8.85. The standard InChI is InChI=1S/C17H22N4S/c1-13-6-2-3-7-14(13)11-21-12-16(10-18-21)20-17(22)19-15-8-4-5-9-15/h2-3,6-7,10,12,15H,4-5,8-9,11H2,1H3,(H2,19,20,22). The SMILES string of the molecule is Cc1ccccc1Cn1cc(NC(=S)NC2CCCC2)cn1. The van der Waals surface area contributed by atoms with E-state index in [0.29, 0.717) is 11.2 Å². The van der Waals surface area contributed by atoms with Crippen LogP contribution in [0.15, 0.2) is 36.7 Å².